The fourth-order valence-electron chi connectivity index (χ4n) is 9.32. The third-order valence-electron chi connectivity index (χ3n) is 11.3. The molecule has 0 spiro atoms. The lowest BCUT2D eigenvalue weighted by molar-refractivity contribution is -0.151. The molecule has 0 aliphatic heterocycles. The number of carbonyl (C=O) groups is 1. The number of carbonyl (C=O) groups excluding carboxylic acids is 1. The van der Waals surface area contributed by atoms with E-state index in [1.54, 1.807) is 5.57 Å². The van der Waals surface area contributed by atoms with Gasteiger partial charge in [-0.15, -0.1) is 0 Å². The van der Waals surface area contributed by atoms with Crippen LogP contribution in [0.4, 0.5) is 0 Å². The van der Waals surface area contributed by atoms with Crippen LogP contribution in [0.2, 0.25) is 0 Å². The molecule has 4 aliphatic carbocycles. The van der Waals surface area contributed by atoms with Gasteiger partial charge in [-0.2, -0.15) is 0 Å². The lowest BCUT2D eigenvalue weighted by Crippen LogP contribution is -2.51. The fourth-order valence-corrected chi connectivity index (χ4v) is 9.32. The molecule has 3 fully saturated rings. The number of hydrogen-bond acceptors (Lipinski definition) is 2. The van der Waals surface area contributed by atoms with E-state index >= 15 is 0 Å². The van der Waals surface area contributed by atoms with Gasteiger partial charge < -0.3 is 4.74 Å². The van der Waals surface area contributed by atoms with E-state index in [9.17, 15) is 4.79 Å². The zero-order valence-corrected chi connectivity index (χ0v) is 23.3. The van der Waals surface area contributed by atoms with Crippen LogP contribution in [0.3, 0.4) is 0 Å². The molecule has 0 radical (unpaired) electrons. The Morgan fingerprint density at radius 3 is 2.56 bits per heavy atom. The van der Waals surface area contributed by atoms with Crippen molar-refractivity contribution in [3.8, 4) is 0 Å². The highest BCUT2D eigenvalue weighted by Crippen LogP contribution is 2.67. The maximum Gasteiger partial charge on any atom is 0.306 e. The maximum absolute atomic E-state index is 12.2. The van der Waals surface area contributed by atoms with Gasteiger partial charge in [-0.25, -0.2) is 0 Å². The first-order valence-corrected chi connectivity index (χ1v) is 15.1. The van der Waals surface area contributed by atoms with E-state index in [1.165, 1.54) is 57.8 Å². The number of ether oxygens (including phenoxy) is 1. The zero-order valence-electron chi connectivity index (χ0n) is 23.3. The average Bonchev–Trinajstić information content (AvgIpc) is 3.15. The van der Waals surface area contributed by atoms with E-state index < -0.39 is 0 Å². The van der Waals surface area contributed by atoms with Gasteiger partial charge in [0.05, 0.1) is 0 Å². The van der Waals surface area contributed by atoms with Crippen molar-refractivity contribution in [2.24, 2.45) is 46.3 Å². The lowest BCUT2D eigenvalue weighted by Gasteiger charge is -2.58. The first-order valence-electron chi connectivity index (χ1n) is 15.1. The smallest absolute Gasteiger partial charge is 0.306 e. The molecule has 0 unspecified atom stereocenters. The van der Waals surface area contributed by atoms with Gasteiger partial charge in [-0.05, 0) is 97.7 Å². The molecule has 0 amide bonds. The number of unbranched alkanes of at least 4 members (excludes halogenated alkanes) is 1. The largest absolute Gasteiger partial charge is 0.462 e. The molecule has 4 rings (SSSR count). The Balaban J connectivity index is 1.41. The van der Waals surface area contributed by atoms with Gasteiger partial charge in [0.25, 0.3) is 0 Å². The van der Waals surface area contributed by atoms with Gasteiger partial charge in [0.1, 0.15) is 6.10 Å². The Hall–Kier alpha value is -0.790. The van der Waals surface area contributed by atoms with Crippen LogP contribution in [0.5, 0.6) is 0 Å². The minimum atomic E-state index is 0.0256. The third kappa shape index (κ3) is 5.04. The Morgan fingerprint density at radius 1 is 1.03 bits per heavy atom. The monoisotopic (exact) mass is 470 g/mol. The summed E-state index contributed by atoms with van der Waals surface area (Å²) in [7, 11) is 0. The van der Waals surface area contributed by atoms with Crippen molar-refractivity contribution >= 4 is 5.97 Å². The normalized spacial score (nSPS) is 40.2. The van der Waals surface area contributed by atoms with Crippen LogP contribution in [0.15, 0.2) is 11.6 Å². The first-order chi connectivity index (χ1) is 16.2. The molecule has 194 valence electrons. The minimum Gasteiger partial charge on any atom is -0.462 e. The summed E-state index contributed by atoms with van der Waals surface area (Å²) in [5, 5.41) is 0. The molecule has 0 heterocycles. The Kier molecular flexibility index (Phi) is 8.25. The van der Waals surface area contributed by atoms with Crippen LogP contribution in [-0.4, -0.2) is 12.1 Å². The van der Waals surface area contributed by atoms with Crippen molar-refractivity contribution in [1.82, 2.24) is 0 Å². The van der Waals surface area contributed by atoms with Gasteiger partial charge in [0.2, 0.25) is 0 Å². The summed E-state index contributed by atoms with van der Waals surface area (Å²) >= 11 is 0. The SMILES string of the molecule is CCCCC(=O)O[C@@H]1CC[C@@]2(C)C(=CC[C@H]3[C@@H]4CC[C@H]([C@H](C)CCCC(C)C)[C@@]4(C)CC[C@@H]32)C1. The van der Waals surface area contributed by atoms with E-state index in [4.69, 9.17) is 4.74 Å². The Bertz CT molecular complexity index is 737. The highest BCUT2D eigenvalue weighted by Gasteiger charge is 2.59. The molecule has 0 aromatic carbocycles. The summed E-state index contributed by atoms with van der Waals surface area (Å²) in [5.41, 5.74) is 2.54. The van der Waals surface area contributed by atoms with Crippen LogP contribution in [0, 0.1) is 46.3 Å². The van der Waals surface area contributed by atoms with Crippen molar-refractivity contribution in [3.63, 3.8) is 0 Å². The van der Waals surface area contributed by atoms with E-state index in [2.05, 4.69) is 47.6 Å². The lowest BCUT2D eigenvalue weighted by atomic mass is 9.47. The Labute approximate surface area is 211 Å². The molecular formula is C32H54O2. The predicted octanol–water partition coefficient (Wildman–Crippen LogP) is 9.13. The number of esters is 1. The third-order valence-corrected chi connectivity index (χ3v) is 11.3. The summed E-state index contributed by atoms with van der Waals surface area (Å²) in [5.74, 6) is 5.32. The molecule has 2 nitrogen and oxygen atoms in total. The molecule has 0 N–H and O–H groups in total. The van der Waals surface area contributed by atoms with E-state index in [0.717, 1.165) is 61.2 Å². The highest BCUT2D eigenvalue weighted by molar-refractivity contribution is 5.69. The van der Waals surface area contributed by atoms with E-state index in [-0.39, 0.29) is 12.1 Å². The van der Waals surface area contributed by atoms with Crippen LogP contribution in [0.1, 0.15) is 131 Å². The summed E-state index contributed by atoms with van der Waals surface area (Å²) in [6, 6.07) is 0. The van der Waals surface area contributed by atoms with Crippen molar-refractivity contribution < 1.29 is 9.53 Å². The van der Waals surface area contributed by atoms with Gasteiger partial charge >= 0.3 is 5.97 Å². The Morgan fingerprint density at radius 2 is 1.82 bits per heavy atom. The number of rotatable bonds is 9. The first kappa shape index (κ1) is 26.3. The quantitative estimate of drug-likeness (QED) is 0.248. The molecule has 34 heavy (non-hydrogen) atoms. The second-order valence-corrected chi connectivity index (χ2v) is 13.7. The molecule has 2 heteroatoms. The molecule has 0 saturated heterocycles. The van der Waals surface area contributed by atoms with Crippen LogP contribution in [-0.2, 0) is 9.53 Å². The maximum atomic E-state index is 12.2. The van der Waals surface area contributed by atoms with Gasteiger partial charge in [-0.3, -0.25) is 4.79 Å². The summed E-state index contributed by atoms with van der Waals surface area (Å²) in [4.78, 5) is 12.2. The molecule has 3 saturated carbocycles. The fraction of sp³-hybridized carbons (Fsp3) is 0.906. The molecule has 0 aromatic heterocycles. The zero-order chi connectivity index (χ0) is 24.5. The summed E-state index contributed by atoms with van der Waals surface area (Å²) in [6.45, 7) is 14.7. The second-order valence-electron chi connectivity index (χ2n) is 13.7. The molecule has 0 bridgehead atoms. The van der Waals surface area contributed by atoms with Crippen LogP contribution in [0.25, 0.3) is 0 Å². The molecule has 8 atom stereocenters. The standard InChI is InChI=1S/C32H54O2/c1-7-8-12-30(33)34-25-17-19-31(5)24(21-25)13-14-26-28-16-15-27(23(4)11-9-10-22(2)3)32(28,6)20-18-29(26)31/h13,22-23,25-29H,7-12,14-21H2,1-6H3/t23-,25-,26+,27-,28+,29+,31+,32-/m1/s1. The van der Waals surface area contributed by atoms with Gasteiger partial charge in [-0.1, -0.05) is 78.9 Å². The van der Waals surface area contributed by atoms with E-state index in [0.29, 0.717) is 17.3 Å². The van der Waals surface area contributed by atoms with Crippen molar-refractivity contribution in [3.05, 3.63) is 11.6 Å². The molecular weight excluding hydrogens is 416 g/mol. The van der Waals surface area contributed by atoms with Gasteiger partial charge in [0.15, 0.2) is 0 Å². The second kappa shape index (κ2) is 10.7. The molecule has 0 aromatic rings. The predicted molar refractivity (Wildman–Crippen MR) is 142 cm³/mol. The van der Waals surface area contributed by atoms with Crippen LogP contribution < -0.4 is 0 Å². The minimum absolute atomic E-state index is 0.0256. The van der Waals surface area contributed by atoms with E-state index in [1.807, 2.05) is 0 Å². The van der Waals surface area contributed by atoms with Crippen molar-refractivity contribution in [1.29, 1.82) is 0 Å². The van der Waals surface area contributed by atoms with Crippen LogP contribution >= 0.6 is 0 Å². The van der Waals surface area contributed by atoms with Gasteiger partial charge in [0, 0.05) is 12.8 Å². The van der Waals surface area contributed by atoms with Crippen molar-refractivity contribution in [2.75, 3.05) is 0 Å². The summed E-state index contributed by atoms with van der Waals surface area (Å²) in [6.07, 6.45) is 19.9. The average molecular weight is 471 g/mol. The number of allylic oxidation sites excluding steroid dienone is 1. The number of fused-ring (bicyclic) bond motifs is 5. The van der Waals surface area contributed by atoms with Crippen molar-refractivity contribution in [2.45, 2.75) is 138 Å². The number of hydrogen-bond donors (Lipinski definition) is 0. The summed E-state index contributed by atoms with van der Waals surface area (Å²) < 4.78 is 5.92. The molecule has 4 aliphatic rings. The topological polar surface area (TPSA) is 26.3 Å². The highest BCUT2D eigenvalue weighted by atomic mass is 16.5.